The molecule has 3 aromatic rings. The van der Waals surface area contributed by atoms with Crippen molar-refractivity contribution in [3.8, 4) is 5.75 Å². The van der Waals surface area contributed by atoms with E-state index in [1.54, 1.807) is 60.7 Å². The fourth-order valence-corrected chi connectivity index (χ4v) is 6.10. The molecular weight excluding hydrogens is 544 g/mol. The van der Waals surface area contributed by atoms with Gasteiger partial charge in [-0.2, -0.15) is 0 Å². The number of benzene rings is 3. The molecular formula is C28H20BrClN2O4. The lowest BCUT2D eigenvalue weighted by Crippen LogP contribution is -2.48. The number of nitrogens with zero attached hydrogens (tertiary/aromatic N) is 2. The predicted molar refractivity (Wildman–Crippen MR) is 141 cm³/mol. The topological polar surface area (TPSA) is 66.9 Å². The Kier molecular flexibility index (Phi) is 5.50. The van der Waals surface area contributed by atoms with E-state index < -0.39 is 29.8 Å². The normalized spacial score (nSPS) is 24.0. The maximum atomic E-state index is 14.0. The number of Topliss-reactive ketones (excluding diaryl/α,β-unsaturated/α-hetero) is 1. The molecule has 3 aliphatic rings. The van der Waals surface area contributed by atoms with Crippen molar-refractivity contribution >= 4 is 62.6 Å². The fourth-order valence-electron chi connectivity index (χ4n) is 5.67. The molecule has 0 saturated carbocycles. The highest BCUT2D eigenvalue weighted by molar-refractivity contribution is 9.10. The van der Waals surface area contributed by atoms with Crippen LogP contribution in [-0.2, 0) is 9.59 Å². The first-order valence-corrected chi connectivity index (χ1v) is 12.6. The summed E-state index contributed by atoms with van der Waals surface area (Å²) in [7, 11) is 1.50. The Hall–Kier alpha value is -3.42. The molecule has 0 N–H and O–H groups in total. The van der Waals surface area contributed by atoms with Crippen molar-refractivity contribution in [3.63, 3.8) is 0 Å². The third-order valence-corrected chi connectivity index (χ3v) is 7.96. The number of para-hydroxylation sites is 2. The highest BCUT2D eigenvalue weighted by Crippen LogP contribution is 2.51. The lowest BCUT2D eigenvalue weighted by Gasteiger charge is -2.36. The molecule has 2 saturated heterocycles. The van der Waals surface area contributed by atoms with Gasteiger partial charge in [0, 0.05) is 20.7 Å². The Bertz CT molecular complexity index is 1450. The molecule has 2 fully saturated rings. The van der Waals surface area contributed by atoms with Crippen molar-refractivity contribution in [2.75, 3.05) is 16.9 Å². The number of halogens is 2. The number of carbonyl (C=O) groups is 3. The lowest BCUT2D eigenvalue weighted by atomic mass is 9.86. The lowest BCUT2D eigenvalue weighted by molar-refractivity contribution is -0.122. The minimum Gasteiger partial charge on any atom is -0.495 e. The van der Waals surface area contributed by atoms with Crippen LogP contribution >= 0.6 is 27.5 Å². The summed E-state index contributed by atoms with van der Waals surface area (Å²) in [5.74, 6) is -2.14. The molecule has 0 bridgehead atoms. The summed E-state index contributed by atoms with van der Waals surface area (Å²) in [4.78, 5) is 45.0. The number of anilines is 2. The van der Waals surface area contributed by atoms with Gasteiger partial charge in [-0.25, -0.2) is 4.90 Å². The number of ether oxygens (including phenoxy) is 1. The summed E-state index contributed by atoms with van der Waals surface area (Å²) < 4.78 is 6.28. The van der Waals surface area contributed by atoms with Crippen molar-refractivity contribution in [2.45, 2.75) is 12.1 Å². The van der Waals surface area contributed by atoms with Gasteiger partial charge >= 0.3 is 0 Å². The maximum absolute atomic E-state index is 14.0. The van der Waals surface area contributed by atoms with Crippen LogP contribution in [0, 0.1) is 11.8 Å². The highest BCUT2D eigenvalue weighted by Gasteiger charge is 2.64. The molecule has 0 unspecified atom stereocenters. The van der Waals surface area contributed by atoms with E-state index in [0.717, 1.165) is 15.7 Å². The summed E-state index contributed by atoms with van der Waals surface area (Å²) in [6.07, 6.45) is 3.85. The second-order valence-electron chi connectivity index (χ2n) is 9.01. The first kappa shape index (κ1) is 23.0. The van der Waals surface area contributed by atoms with Gasteiger partial charge in [-0.15, -0.1) is 0 Å². The van der Waals surface area contributed by atoms with Crippen molar-refractivity contribution in [3.05, 3.63) is 93.4 Å². The van der Waals surface area contributed by atoms with Crippen molar-refractivity contribution in [1.82, 2.24) is 0 Å². The molecule has 4 atom stereocenters. The second-order valence-corrected chi connectivity index (χ2v) is 10.4. The fraction of sp³-hybridized carbons (Fsp3) is 0.179. The molecule has 2 amide bonds. The van der Waals surface area contributed by atoms with Gasteiger partial charge in [0.05, 0.1) is 30.7 Å². The Morgan fingerprint density at radius 3 is 2.42 bits per heavy atom. The Labute approximate surface area is 221 Å². The van der Waals surface area contributed by atoms with E-state index in [-0.39, 0.29) is 11.7 Å². The minimum absolute atomic E-state index is 0.218. The van der Waals surface area contributed by atoms with E-state index in [1.165, 1.54) is 12.0 Å². The number of fused-ring (bicyclic) bond motifs is 5. The van der Waals surface area contributed by atoms with Gasteiger partial charge in [-0.05, 0) is 42.0 Å². The summed E-state index contributed by atoms with van der Waals surface area (Å²) in [5, 5.41) is 0.517. The van der Waals surface area contributed by atoms with E-state index in [4.69, 9.17) is 16.3 Å². The van der Waals surface area contributed by atoms with Crippen molar-refractivity contribution in [2.24, 2.45) is 11.8 Å². The number of carbonyl (C=O) groups excluding carboxylic acids is 3. The summed E-state index contributed by atoms with van der Waals surface area (Å²) in [6, 6.07) is 18.1. The summed E-state index contributed by atoms with van der Waals surface area (Å²) in [6.45, 7) is 0. The number of rotatable bonds is 4. The zero-order chi connectivity index (χ0) is 25.1. The first-order chi connectivity index (χ1) is 17.4. The molecule has 3 aliphatic heterocycles. The number of hydrogen-bond acceptors (Lipinski definition) is 5. The molecule has 8 heteroatoms. The molecule has 0 aliphatic carbocycles. The van der Waals surface area contributed by atoms with Crippen LogP contribution in [0.4, 0.5) is 11.4 Å². The molecule has 3 aromatic carbocycles. The second kappa shape index (κ2) is 8.61. The van der Waals surface area contributed by atoms with E-state index >= 15 is 0 Å². The van der Waals surface area contributed by atoms with Gasteiger partial charge in [0.25, 0.3) is 0 Å². The highest BCUT2D eigenvalue weighted by atomic mass is 79.9. The maximum Gasteiger partial charge on any atom is 0.240 e. The SMILES string of the molecule is COc1ccccc1N1C(=O)[C@@H]2[C@@H](C1=O)[C@@H](C(=O)c1ccc(Br)cc1)N1c3cc(Cl)ccc3C=C[C@H]21. The first-order valence-electron chi connectivity index (χ1n) is 11.5. The average molecular weight is 564 g/mol. The number of ketones is 1. The quantitative estimate of drug-likeness (QED) is 0.315. The molecule has 6 rings (SSSR count). The third kappa shape index (κ3) is 3.33. The average Bonchev–Trinajstić information content (AvgIpc) is 3.36. The smallest absolute Gasteiger partial charge is 0.240 e. The van der Waals surface area contributed by atoms with Crippen LogP contribution in [-0.4, -0.2) is 36.8 Å². The van der Waals surface area contributed by atoms with Crippen molar-refractivity contribution < 1.29 is 19.1 Å². The Morgan fingerprint density at radius 1 is 0.944 bits per heavy atom. The molecule has 6 nitrogen and oxygen atoms in total. The van der Waals surface area contributed by atoms with Crippen LogP contribution in [0.1, 0.15) is 15.9 Å². The van der Waals surface area contributed by atoms with Crippen LogP contribution < -0.4 is 14.5 Å². The predicted octanol–water partition coefficient (Wildman–Crippen LogP) is 5.38. The van der Waals surface area contributed by atoms with Gasteiger partial charge in [-0.1, -0.05) is 70.0 Å². The molecule has 3 heterocycles. The molecule has 0 aromatic heterocycles. The van der Waals surface area contributed by atoms with E-state index in [2.05, 4.69) is 15.9 Å². The minimum atomic E-state index is -0.875. The van der Waals surface area contributed by atoms with Gasteiger partial charge in [0.1, 0.15) is 11.8 Å². The van der Waals surface area contributed by atoms with Gasteiger partial charge in [0.15, 0.2) is 5.78 Å². The number of methoxy groups -OCH3 is 1. The van der Waals surface area contributed by atoms with Crippen LogP contribution in [0.2, 0.25) is 5.02 Å². The zero-order valence-electron chi connectivity index (χ0n) is 19.1. The zero-order valence-corrected chi connectivity index (χ0v) is 21.4. The standard InChI is InChI=1S/C28H20BrClN2O4/c1-36-22-5-3-2-4-19(22)32-27(34)23-20-13-9-15-8-12-18(30)14-21(15)31(20)25(24(23)28(32)35)26(33)16-6-10-17(29)11-7-16/h2-14,20,23-25H,1H3/t20-,23+,24-,25+/m1/s1. The molecule has 0 radical (unpaired) electrons. The summed E-state index contributed by atoms with van der Waals surface area (Å²) >= 11 is 9.76. The van der Waals surface area contributed by atoms with E-state index in [1.807, 2.05) is 23.1 Å². The Balaban J connectivity index is 1.51. The van der Waals surface area contributed by atoms with Crippen molar-refractivity contribution in [1.29, 1.82) is 0 Å². The van der Waals surface area contributed by atoms with Gasteiger partial charge in [-0.3, -0.25) is 14.4 Å². The molecule has 0 spiro atoms. The number of imide groups is 1. The van der Waals surface area contributed by atoms with E-state index in [0.29, 0.717) is 22.0 Å². The largest absolute Gasteiger partial charge is 0.495 e. The third-order valence-electron chi connectivity index (χ3n) is 7.19. The number of hydrogen-bond donors (Lipinski definition) is 0. The van der Waals surface area contributed by atoms with Crippen LogP contribution in [0.15, 0.2) is 77.3 Å². The monoisotopic (exact) mass is 562 g/mol. The Morgan fingerprint density at radius 2 is 1.67 bits per heavy atom. The van der Waals surface area contributed by atoms with Gasteiger partial charge < -0.3 is 9.64 Å². The van der Waals surface area contributed by atoms with E-state index in [9.17, 15) is 14.4 Å². The molecule has 36 heavy (non-hydrogen) atoms. The van der Waals surface area contributed by atoms with Gasteiger partial charge in [0.2, 0.25) is 11.8 Å². The van der Waals surface area contributed by atoms with Crippen LogP contribution in [0.25, 0.3) is 6.08 Å². The van der Waals surface area contributed by atoms with Crippen LogP contribution in [0.3, 0.4) is 0 Å². The molecule has 180 valence electrons. The number of amides is 2. The summed E-state index contributed by atoms with van der Waals surface area (Å²) in [5.41, 5.74) is 2.47. The van der Waals surface area contributed by atoms with Crippen LogP contribution in [0.5, 0.6) is 5.75 Å².